The molecule has 0 radical (unpaired) electrons. The predicted molar refractivity (Wildman–Crippen MR) is 216 cm³/mol. The van der Waals surface area contributed by atoms with Gasteiger partial charge in [0.25, 0.3) is 0 Å². The minimum Gasteiger partial charge on any atom is -0.497 e. The van der Waals surface area contributed by atoms with Crippen LogP contribution in [-0.2, 0) is 22.4 Å². The van der Waals surface area contributed by atoms with Crippen molar-refractivity contribution in [2.75, 3.05) is 41.6 Å². The van der Waals surface area contributed by atoms with Crippen molar-refractivity contribution in [3.63, 3.8) is 0 Å². The molecule has 0 saturated carbocycles. The molecule has 0 aliphatic carbocycles. The molecule has 13 nitrogen and oxygen atoms in total. The highest BCUT2D eigenvalue weighted by Crippen LogP contribution is 2.46. The maximum absolute atomic E-state index is 13.2. The van der Waals surface area contributed by atoms with E-state index in [1.165, 1.54) is 11.8 Å². The van der Waals surface area contributed by atoms with E-state index in [0.717, 1.165) is 32.3 Å². The summed E-state index contributed by atoms with van der Waals surface area (Å²) in [5, 5.41) is 28.8. The monoisotopic (exact) mass is 759 g/mol. The zero-order valence-electron chi connectivity index (χ0n) is 30.1. The van der Waals surface area contributed by atoms with Gasteiger partial charge < -0.3 is 36.9 Å². The summed E-state index contributed by atoms with van der Waals surface area (Å²) in [7, 11) is 3.15. The van der Waals surface area contributed by atoms with E-state index in [0.29, 0.717) is 45.4 Å². The lowest BCUT2D eigenvalue weighted by Crippen LogP contribution is -2.16. The molecule has 0 atom stereocenters. The van der Waals surface area contributed by atoms with Crippen molar-refractivity contribution in [1.82, 2.24) is 9.97 Å². The summed E-state index contributed by atoms with van der Waals surface area (Å²) < 4.78 is 10.5. The van der Waals surface area contributed by atoms with Gasteiger partial charge in [0.15, 0.2) is 0 Å². The number of benzene rings is 4. The summed E-state index contributed by atoms with van der Waals surface area (Å²) in [6, 6.07) is 33.1. The van der Waals surface area contributed by atoms with Crippen LogP contribution in [0.25, 0.3) is 22.3 Å². The van der Waals surface area contributed by atoms with Crippen molar-refractivity contribution in [2.45, 2.75) is 22.6 Å². The molecule has 3 heterocycles. The van der Waals surface area contributed by atoms with E-state index in [2.05, 4.69) is 38.1 Å². The van der Waals surface area contributed by atoms with Gasteiger partial charge in [-0.15, -0.1) is 0 Å². The fourth-order valence-electron chi connectivity index (χ4n) is 6.23. The molecular weight excluding hydrogens is 727 g/mol. The molecule has 0 fully saturated rings. The van der Waals surface area contributed by atoms with E-state index in [1.54, 1.807) is 62.8 Å². The van der Waals surface area contributed by atoms with Crippen molar-refractivity contribution in [3.05, 3.63) is 120 Å². The van der Waals surface area contributed by atoms with Crippen LogP contribution in [0.2, 0.25) is 0 Å². The van der Waals surface area contributed by atoms with Gasteiger partial charge in [-0.2, -0.15) is 10.5 Å². The maximum Gasteiger partial charge on any atom is 0.230 e. The zero-order valence-corrected chi connectivity index (χ0v) is 31.0. The molecule has 6 aromatic rings. The number of nitrogen functional groups attached to an aromatic ring is 2. The summed E-state index contributed by atoms with van der Waals surface area (Å²) in [6.07, 6.45) is -0.137. The van der Waals surface area contributed by atoms with Crippen LogP contribution in [0.4, 0.5) is 34.4 Å². The van der Waals surface area contributed by atoms with Crippen molar-refractivity contribution in [2.24, 2.45) is 0 Å². The van der Waals surface area contributed by atoms with Crippen LogP contribution in [0.3, 0.4) is 0 Å². The number of nitrogens with one attached hydrogen (secondary N) is 3. The van der Waals surface area contributed by atoms with Gasteiger partial charge in [-0.1, -0.05) is 36.0 Å². The first-order chi connectivity index (χ1) is 27.1. The molecule has 0 bridgehead atoms. The number of rotatable bonds is 10. The maximum atomic E-state index is 13.2. The molecule has 1 aliphatic rings. The molecule has 0 unspecified atom stereocenters. The summed E-state index contributed by atoms with van der Waals surface area (Å²) in [4.78, 5) is 36.8. The summed E-state index contributed by atoms with van der Waals surface area (Å²) in [5.41, 5.74) is 19.1. The van der Waals surface area contributed by atoms with Crippen LogP contribution in [0, 0.1) is 22.7 Å². The Morgan fingerprint density at radius 3 is 1.45 bits per heavy atom. The minimum absolute atomic E-state index is 0.0450. The number of pyridine rings is 2. The van der Waals surface area contributed by atoms with Gasteiger partial charge in [-0.3, -0.25) is 9.59 Å². The number of ether oxygens (including phenoxy) is 2. The number of nitrogens with two attached hydrogens (primary N) is 2. The normalized spacial score (nSPS) is 11.1. The first-order valence-electron chi connectivity index (χ1n) is 17.1. The molecule has 7 N–H and O–H groups in total. The van der Waals surface area contributed by atoms with Gasteiger partial charge in [-0.05, 0) is 83.9 Å². The fraction of sp³-hybridized carbons (Fsp3) is 0.0952. The number of aromatic nitrogens is 2. The van der Waals surface area contributed by atoms with Crippen molar-refractivity contribution >= 4 is 58.0 Å². The first kappa shape index (κ1) is 36.8. The number of nitriles is 2. The van der Waals surface area contributed by atoms with E-state index >= 15 is 0 Å². The standard InChI is InChI=1S/C42H33N9O4S/c1-54-29-9-3-23(4-10-29)31-15-27(49-41(45)33(31)21-43)19-39(52)47-25-7-13-35-37(17-25)56-38-18-26(8-14-36(38)51-35)48-40(53)20-28-16-32(34(22-44)42(46)50-28)24-5-11-30(55-2)12-6-24/h3-18,51H,19-20H2,1-2H3,(H2,45,49)(H2,46,50)(H,47,52)(H,48,53). The van der Waals surface area contributed by atoms with Crippen molar-refractivity contribution < 1.29 is 19.1 Å². The van der Waals surface area contributed by atoms with E-state index in [4.69, 9.17) is 20.9 Å². The highest BCUT2D eigenvalue weighted by atomic mass is 32.2. The molecule has 276 valence electrons. The zero-order chi connectivity index (χ0) is 39.3. The number of hydrogen-bond acceptors (Lipinski definition) is 12. The number of methoxy groups -OCH3 is 2. The second kappa shape index (κ2) is 15.8. The second-order valence-electron chi connectivity index (χ2n) is 12.6. The Bertz CT molecular complexity index is 2420. The number of anilines is 6. The molecule has 56 heavy (non-hydrogen) atoms. The highest BCUT2D eigenvalue weighted by Gasteiger charge is 2.20. The quantitative estimate of drug-likeness (QED) is 0.0929. The highest BCUT2D eigenvalue weighted by molar-refractivity contribution is 7.99. The Balaban J connectivity index is 1.02. The predicted octanol–water partition coefficient (Wildman–Crippen LogP) is 7.31. The molecule has 7 rings (SSSR count). The summed E-state index contributed by atoms with van der Waals surface area (Å²) in [5.74, 6) is 0.812. The third-order valence-corrected chi connectivity index (χ3v) is 10.0. The molecule has 4 aromatic carbocycles. The lowest BCUT2D eigenvalue weighted by Gasteiger charge is -2.22. The second-order valence-corrected chi connectivity index (χ2v) is 13.7. The fourth-order valence-corrected chi connectivity index (χ4v) is 7.30. The molecule has 0 spiro atoms. The SMILES string of the molecule is COc1ccc(-c2cc(CC(=O)Nc3ccc4c(c3)Sc3cc(NC(=O)Cc5cc(-c6ccc(OC)cc6)c(C#N)c(N)n5)ccc3N4)nc(N)c2C#N)cc1. The third kappa shape index (κ3) is 7.87. The average Bonchev–Trinajstić information content (AvgIpc) is 3.19. The van der Waals surface area contributed by atoms with Gasteiger partial charge in [0, 0.05) is 32.3 Å². The minimum atomic E-state index is -0.309. The number of carbonyl (C=O) groups is 2. The smallest absolute Gasteiger partial charge is 0.230 e. The van der Waals surface area contributed by atoms with Gasteiger partial charge in [0.1, 0.15) is 46.4 Å². The Hall–Kier alpha value is -7.55. The van der Waals surface area contributed by atoms with Crippen molar-refractivity contribution in [3.8, 4) is 45.9 Å². The number of nitrogens with zero attached hydrogens (tertiary/aromatic N) is 4. The topological polar surface area (TPSA) is 214 Å². The Morgan fingerprint density at radius 1 is 0.661 bits per heavy atom. The van der Waals surface area contributed by atoms with Crippen LogP contribution >= 0.6 is 11.8 Å². The Labute approximate surface area is 326 Å². The van der Waals surface area contributed by atoms with Crippen molar-refractivity contribution in [1.29, 1.82) is 10.5 Å². The Morgan fingerprint density at radius 2 is 1.07 bits per heavy atom. The van der Waals surface area contributed by atoms with Crippen LogP contribution in [-0.4, -0.2) is 36.0 Å². The molecule has 0 saturated heterocycles. The van der Waals surface area contributed by atoms with Gasteiger partial charge in [0.05, 0.1) is 49.8 Å². The average molecular weight is 760 g/mol. The first-order valence-corrected chi connectivity index (χ1v) is 18.0. The molecule has 2 amide bonds. The third-order valence-electron chi connectivity index (χ3n) is 8.93. The lowest BCUT2D eigenvalue weighted by atomic mass is 9.99. The Kier molecular flexibility index (Phi) is 10.4. The van der Waals surface area contributed by atoms with Gasteiger partial charge in [-0.25, -0.2) is 9.97 Å². The molecule has 14 heteroatoms. The molecule has 2 aromatic heterocycles. The van der Waals surface area contributed by atoms with Crippen LogP contribution in [0.5, 0.6) is 11.5 Å². The van der Waals surface area contributed by atoms with E-state index in [1.807, 2.05) is 48.5 Å². The largest absolute Gasteiger partial charge is 0.497 e. The number of fused-ring (bicyclic) bond motifs is 2. The van der Waals surface area contributed by atoms with Gasteiger partial charge in [0.2, 0.25) is 11.8 Å². The number of amides is 2. The number of carbonyl (C=O) groups excluding carboxylic acids is 2. The lowest BCUT2D eigenvalue weighted by molar-refractivity contribution is -0.116. The summed E-state index contributed by atoms with van der Waals surface area (Å²) in [6.45, 7) is 0. The molecule has 1 aliphatic heterocycles. The van der Waals surface area contributed by atoms with Crippen LogP contribution in [0.15, 0.2) is 107 Å². The molecular formula is C42H33N9O4S. The summed E-state index contributed by atoms with van der Waals surface area (Å²) >= 11 is 1.49. The van der Waals surface area contributed by atoms with E-state index < -0.39 is 0 Å². The number of hydrogen-bond donors (Lipinski definition) is 5. The van der Waals surface area contributed by atoms with Crippen LogP contribution < -0.4 is 36.9 Å². The van der Waals surface area contributed by atoms with Gasteiger partial charge >= 0.3 is 0 Å². The van der Waals surface area contributed by atoms with E-state index in [-0.39, 0.29) is 47.4 Å². The van der Waals surface area contributed by atoms with Crippen LogP contribution in [0.1, 0.15) is 22.5 Å². The van der Waals surface area contributed by atoms with E-state index in [9.17, 15) is 20.1 Å².